The number of benzene rings is 1. The minimum Gasteiger partial charge on any atom is -0.493 e. The summed E-state index contributed by atoms with van der Waals surface area (Å²) in [6.07, 6.45) is 2.07. The van der Waals surface area contributed by atoms with Crippen LogP contribution in [0.5, 0.6) is 11.5 Å². The number of hydrogen-bond donors (Lipinski definition) is 2. The fraction of sp³-hybridized carbons (Fsp3) is 0.333. The standard InChI is InChI=1S/C21H24N4O5/c1-4-8-25-18-15(20(27)24-21(25)28)10-14(12-22-18)19(26)23-11-13-6-7-16(30-5-2)17(9-13)29-3/h6-7,9-10,12H,4-5,8,11H2,1-3H3,(H,23,26)(H,24,27,28). The van der Waals surface area contributed by atoms with E-state index < -0.39 is 11.2 Å². The zero-order valence-corrected chi connectivity index (χ0v) is 17.2. The number of fused-ring (bicyclic) bond motifs is 1. The van der Waals surface area contributed by atoms with Gasteiger partial charge in [-0.2, -0.15) is 0 Å². The van der Waals surface area contributed by atoms with Gasteiger partial charge < -0.3 is 14.8 Å². The molecule has 158 valence electrons. The molecular weight excluding hydrogens is 388 g/mol. The quantitative estimate of drug-likeness (QED) is 0.583. The lowest BCUT2D eigenvalue weighted by Gasteiger charge is -2.12. The van der Waals surface area contributed by atoms with Crippen molar-refractivity contribution in [3.8, 4) is 11.5 Å². The number of carbonyl (C=O) groups is 1. The van der Waals surface area contributed by atoms with Gasteiger partial charge in [0.05, 0.1) is 24.7 Å². The number of carbonyl (C=O) groups excluding carboxylic acids is 1. The summed E-state index contributed by atoms with van der Waals surface area (Å²) in [5, 5.41) is 2.99. The lowest BCUT2D eigenvalue weighted by atomic mass is 10.1. The third-order valence-corrected chi connectivity index (χ3v) is 4.52. The van der Waals surface area contributed by atoms with E-state index in [9.17, 15) is 14.4 Å². The first kappa shape index (κ1) is 21.1. The molecule has 0 aliphatic heterocycles. The van der Waals surface area contributed by atoms with Crippen molar-refractivity contribution in [2.45, 2.75) is 33.4 Å². The van der Waals surface area contributed by atoms with Gasteiger partial charge in [-0.15, -0.1) is 0 Å². The summed E-state index contributed by atoms with van der Waals surface area (Å²) in [5.74, 6) is 0.826. The van der Waals surface area contributed by atoms with E-state index in [1.807, 2.05) is 19.9 Å². The first-order valence-corrected chi connectivity index (χ1v) is 9.69. The lowest BCUT2D eigenvalue weighted by Crippen LogP contribution is -2.31. The highest BCUT2D eigenvalue weighted by Crippen LogP contribution is 2.28. The van der Waals surface area contributed by atoms with E-state index in [-0.39, 0.29) is 29.0 Å². The number of amides is 1. The molecule has 3 aromatic rings. The number of pyridine rings is 1. The number of hydrogen-bond acceptors (Lipinski definition) is 6. The Hall–Kier alpha value is -3.62. The van der Waals surface area contributed by atoms with Crippen molar-refractivity contribution in [2.24, 2.45) is 0 Å². The van der Waals surface area contributed by atoms with Crippen molar-refractivity contribution in [3.63, 3.8) is 0 Å². The van der Waals surface area contributed by atoms with Gasteiger partial charge in [0.15, 0.2) is 11.5 Å². The van der Waals surface area contributed by atoms with Gasteiger partial charge in [0.1, 0.15) is 5.65 Å². The van der Waals surface area contributed by atoms with Crippen LogP contribution in [-0.4, -0.2) is 34.2 Å². The largest absolute Gasteiger partial charge is 0.493 e. The molecular formula is C21H24N4O5. The molecule has 0 unspecified atom stereocenters. The highest BCUT2D eigenvalue weighted by atomic mass is 16.5. The van der Waals surface area contributed by atoms with Crippen LogP contribution < -0.4 is 26.0 Å². The van der Waals surface area contributed by atoms with E-state index in [0.717, 1.165) is 5.56 Å². The van der Waals surface area contributed by atoms with Crippen molar-refractivity contribution < 1.29 is 14.3 Å². The first-order valence-electron chi connectivity index (χ1n) is 9.69. The lowest BCUT2D eigenvalue weighted by molar-refractivity contribution is 0.0950. The highest BCUT2D eigenvalue weighted by Gasteiger charge is 2.13. The summed E-state index contributed by atoms with van der Waals surface area (Å²) >= 11 is 0. The number of aromatic nitrogens is 3. The van der Waals surface area contributed by atoms with Gasteiger partial charge in [0.2, 0.25) is 0 Å². The fourth-order valence-electron chi connectivity index (χ4n) is 3.10. The molecule has 0 atom stereocenters. The van der Waals surface area contributed by atoms with E-state index in [2.05, 4.69) is 15.3 Å². The Morgan fingerprint density at radius 2 is 2.00 bits per heavy atom. The number of nitrogens with zero attached hydrogens (tertiary/aromatic N) is 2. The molecule has 0 radical (unpaired) electrons. The maximum atomic E-state index is 12.6. The van der Waals surface area contributed by atoms with Crippen LogP contribution >= 0.6 is 0 Å². The van der Waals surface area contributed by atoms with E-state index in [4.69, 9.17) is 9.47 Å². The number of methoxy groups -OCH3 is 1. The number of rotatable bonds is 8. The van der Waals surface area contributed by atoms with Gasteiger partial charge in [-0.05, 0) is 37.1 Å². The molecule has 3 rings (SSSR count). The molecule has 0 saturated carbocycles. The molecule has 0 saturated heterocycles. The van der Waals surface area contributed by atoms with E-state index >= 15 is 0 Å². The summed E-state index contributed by atoms with van der Waals surface area (Å²) in [4.78, 5) is 43.3. The van der Waals surface area contributed by atoms with Crippen LogP contribution in [0.15, 0.2) is 40.1 Å². The average Bonchev–Trinajstić information content (AvgIpc) is 2.75. The number of ether oxygens (including phenoxy) is 2. The molecule has 30 heavy (non-hydrogen) atoms. The molecule has 9 nitrogen and oxygen atoms in total. The molecule has 0 aliphatic carbocycles. The zero-order valence-electron chi connectivity index (χ0n) is 17.2. The summed E-state index contributed by atoms with van der Waals surface area (Å²) in [5.41, 5.74) is 0.238. The molecule has 0 aliphatic rings. The van der Waals surface area contributed by atoms with Crippen LogP contribution in [0.2, 0.25) is 0 Å². The van der Waals surface area contributed by atoms with Gasteiger partial charge in [-0.25, -0.2) is 9.78 Å². The second-order valence-corrected chi connectivity index (χ2v) is 6.61. The maximum absolute atomic E-state index is 12.6. The molecule has 0 spiro atoms. The molecule has 1 amide bonds. The minimum atomic E-state index is -0.569. The minimum absolute atomic E-state index is 0.193. The smallest absolute Gasteiger partial charge is 0.329 e. The topological polar surface area (TPSA) is 115 Å². The Bertz CT molecular complexity index is 1180. The predicted octanol–water partition coefficient (Wildman–Crippen LogP) is 1.83. The summed E-state index contributed by atoms with van der Waals surface area (Å²) in [7, 11) is 1.55. The molecule has 9 heteroatoms. The average molecular weight is 412 g/mol. The normalized spacial score (nSPS) is 10.8. The summed E-state index contributed by atoms with van der Waals surface area (Å²) in [6.45, 7) is 5.00. The fourth-order valence-corrected chi connectivity index (χ4v) is 3.10. The molecule has 2 N–H and O–H groups in total. The number of nitrogens with one attached hydrogen (secondary N) is 2. The van der Waals surface area contributed by atoms with Gasteiger partial charge >= 0.3 is 5.69 Å². The van der Waals surface area contributed by atoms with E-state index in [1.54, 1.807) is 19.2 Å². The first-order chi connectivity index (χ1) is 14.5. The Labute approximate surface area is 172 Å². The van der Waals surface area contributed by atoms with Gasteiger partial charge in [-0.1, -0.05) is 13.0 Å². The second-order valence-electron chi connectivity index (χ2n) is 6.61. The molecule has 2 aromatic heterocycles. The Kier molecular flexibility index (Phi) is 6.51. The van der Waals surface area contributed by atoms with E-state index in [0.29, 0.717) is 31.1 Å². The van der Waals surface area contributed by atoms with Crippen LogP contribution in [0.1, 0.15) is 36.2 Å². The van der Waals surface area contributed by atoms with Crippen LogP contribution in [0, 0.1) is 0 Å². The summed E-state index contributed by atoms with van der Waals surface area (Å²) in [6, 6.07) is 6.85. The third-order valence-electron chi connectivity index (χ3n) is 4.52. The van der Waals surface area contributed by atoms with Crippen molar-refractivity contribution in [1.29, 1.82) is 0 Å². The molecule has 1 aromatic carbocycles. The molecule has 0 bridgehead atoms. The monoisotopic (exact) mass is 412 g/mol. The number of aromatic amines is 1. The second kappa shape index (κ2) is 9.25. The Morgan fingerprint density at radius 1 is 1.20 bits per heavy atom. The van der Waals surface area contributed by atoms with Crippen molar-refractivity contribution in [2.75, 3.05) is 13.7 Å². The van der Waals surface area contributed by atoms with E-state index in [1.165, 1.54) is 16.8 Å². The van der Waals surface area contributed by atoms with Gasteiger partial charge in [0, 0.05) is 19.3 Å². The molecule has 0 fully saturated rings. The Balaban J connectivity index is 1.82. The van der Waals surface area contributed by atoms with Crippen LogP contribution in [-0.2, 0) is 13.1 Å². The number of H-pyrrole nitrogens is 1. The predicted molar refractivity (Wildman–Crippen MR) is 112 cm³/mol. The van der Waals surface area contributed by atoms with Crippen molar-refractivity contribution >= 4 is 16.9 Å². The van der Waals surface area contributed by atoms with Crippen LogP contribution in [0.3, 0.4) is 0 Å². The molecule has 2 heterocycles. The van der Waals surface area contributed by atoms with Gasteiger partial charge in [-0.3, -0.25) is 19.1 Å². The number of aryl methyl sites for hydroxylation is 1. The summed E-state index contributed by atoms with van der Waals surface area (Å²) < 4.78 is 12.2. The SMILES string of the molecule is CCCn1c(=O)[nH]c(=O)c2cc(C(=O)NCc3ccc(OCC)c(OC)c3)cnc21. The maximum Gasteiger partial charge on any atom is 0.329 e. The zero-order chi connectivity index (χ0) is 21.7. The van der Waals surface area contributed by atoms with Crippen LogP contribution in [0.4, 0.5) is 0 Å². The Morgan fingerprint density at radius 3 is 2.70 bits per heavy atom. The van der Waals surface area contributed by atoms with Crippen molar-refractivity contribution in [3.05, 3.63) is 62.4 Å². The van der Waals surface area contributed by atoms with Crippen LogP contribution in [0.25, 0.3) is 11.0 Å². The van der Waals surface area contributed by atoms with Crippen molar-refractivity contribution in [1.82, 2.24) is 19.9 Å². The van der Waals surface area contributed by atoms with Gasteiger partial charge in [0.25, 0.3) is 11.5 Å². The third kappa shape index (κ3) is 4.35. The highest BCUT2D eigenvalue weighted by molar-refractivity contribution is 5.96.